The number of nitrogens with zero attached hydrogens (tertiary/aromatic N) is 4. The third-order valence-corrected chi connectivity index (χ3v) is 16.3. The van der Waals surface area contributed by atoms with Crippen LogP contribution in [-0.2, 0) is 0 Å². The van der Waals surface area contributed by atoms with Crippen LogP contribution in [0.1, 0.15) is 50.7 Å². The van der Waals surface area contributed by atoms with E-state index in [2.05, 4.69) is 289 Å². The molecule has 4 nitrogen and oxygen atoms in total. The van der Waals surface area contributed by atoms with E-state index in [-0.39, 0.29) is 0 Å². The third-order valence-electron chi connectivity index (χ3n) is 16.3. The molecule has 362 valence electrons. The maximum atomic E-state index is 2.63. The van der Waals surface area contributed by atoms with Gasteiger partial charge in [-0.05, 0) is 107 Å². The van der Waals surface area contributed by atoms with E-state index < -0.39 is 0 Å². The molecule has 0 amide bonds. The lowest BCUT2D eigenvalue weighted by atomic mass is 9.89. The third kappa shape index (κ3) is 6.50. The second kappa shape index (κ2) is 17.1. The molecule has 0 saturated carbocycles. The highest BCUT2D eigenvalue weighted by Crippen LogP contribution is 2.55. The fourth-order valence-corrected chi connectivity index (χ4v) is 12.8. The number of fused-ring (bicyclic) bond motifs is 12. The molecular formula is C72H54N4. The summed E-state index contributed by atoms with van der Waals surface area (Å²) in [6, 6.07) is 90.4. The maximum Gasteiger partial charge on any atom is 0.0634 e. The summed E-state index contributed by atoms with van der Waals surface area (Å²) in [6.07, 6.45) is 0. The molecule has 0 aliphatic rings. The van der Waals surface area contributed by atoms with Gasteiger partial charge in [-0.15, -0.1) is 0 Å². The summed E-state index contributed by atoms with van der Waals surface area (Å²) < 4.78 is 5.26. The fourth-order valence-electron chi connectivity index (χ4n) is 12.8. The Labute approximate surface area is 442 Å². The normalized spacial score (nSPS) is 12.2. The van der Waals surface area contributed by atoms with Crippen LogP contribution < -0.4 is 9.80 Å². The Balaban J connectivity index is 1.10. The minimum atomic E-state index is 0.443. The maximum absolute atomic E-state index is 2.63. The number of hydrogen-bond acceptors (Lipinski definition) is 2. The van der Waals surface area contributed by atoms with Crippen LogP contribution in [0.25, 0.3) is 98.4 Å². The first kappa shape index (κ1) is 44.1. The first-order valence-electron chi connectivity index (χ1n) is 26.8. The van der Waals surface area contributed by atoms with E-state index in [1.54, 1.807) is 0 Å². The molecule has 11 aromatic carbocycles. The SMILES string of the molecule is CC(C)c1ccc(N(c2ccccc2)c2ccc3c4cccc5c6c(-c7ccccc7)c7c(c(-c8ccccc8)c6n(c3c2)c45)c2cccc3c4ccc(N(c5ccccc5)c5ccc(C(C)C)cc5)cc4n7c32)cc1. The zero-order chi connectivity index (χ0) is 50.8. The summed E-state index contributed by atoms with van der Waals surface area (Å²) in [7, 11) is 0. The number of hydrogen-bond donors (Lipinski definition) is 0. The monoisotopic (exact) mass is 974 g/mol. The Hall–Kier alpha value is -9.38. The number of aromatic nitrogens is 2. The summed E-state index contributed by atoms with van der Waals surface area (Å²) in [6.45, 7) is 9.04. The summed E-state index contributed by atoms with van der Waals surface area (Å²) in [5.41, 5.74) is 21.5. The van der Waals surface area contributed by atoms with Crippen molar-refractivity contribution in [2.45, 2.75) is 39.5 Å². The second-order valence-electron chi connectivity index (χ2n) is 21.2. The number of para-hydroxylation sites is 4. The minimum absolute atomic E-state index is 0.443. The van der Waals surface area contributed by atoms with Crippen molar-refractivity contribution < 1.29 is 0 Å². The van der Waals surface area contributed by atoms with Gasteiger partial charge in [-0.1, -0.05) is 198 Å². The molecule has 4 heterocycles. The second-order valence-corrected chi connectivity index (χ2v) is 21.2. The largest absolute Gasteiger partial charge is 0.310 e. The highest BCUT2D eigenvalue weighted by Gasteiger charge is 2.31. The standard InChI is InChI=1S/C72H54N4/c1-45(2)47-31-35-53(36-32-47)73(51-23-13-7-14-24-51)55-39-41-57-59-27-17-29-61-67-66(50-21-11-6-12-22-50)72-68(65(49-19-9-5-10-20-49)71(67)75(69(59)61)63(57)43-55)62-30-18-28-60-58-42-40-56(44-64(58)76(72)70(60)62)74(52-25-15-8-16-26-52)54-37-33-48(34-38-54)46(3)4/h5-46H,1-4H3. The molecule has 0 bridgehead atoms. The Morgan fingerprint density at radius 3 is 0.974 bits per heavy atom. The zero-order valence-electron chi connectivity index (χ0n) is 43.0. The molecule has 15 rings (SSSR count). The topological polar surface area (TPSA) is 15.3 Å². The Kier molecular flexibility index (Phi) is 9.93. The predicted octanol–water partition coefficient (Wildman–Crippen LogP) is 20.5. The van der Waals surface area contributed by atoms with Crippen molar-refractivity contribution in [2.24, 2.45) is 0 Å². The molecule has 4 heteroatoms. The van der Waals surface area contributed by atoms with Gasteiger partial charge in [0.05, 0.1) is 33.1 Å². The Morgan fingerprint density at radius 2 is 0.605 bits per heavy atom. The van der Waals surface area contributed by atoms with Crippen molar-refractivity contribution in [3.05, 3.63) is 254 Å². The number of anilines is 6. The highest BCUT2D eigenvalue weighted by atomic mass is 15.1. The fraction of sp³-hybridized carbons (Fsp3) is 0.0833. The molecule has 15 aromatic rings. The van der Waals surface area contributed by atoms with Gasteiger partial charge < -0.3 is 18.6 Å². The Bertz CT molecular complexity index is 4350. The molecular weight excluding hydrogens is 921 g/mol. The van der Waals surface area contributed by atoms with E-state index in [1.165, 1.54) is 110 Å². The minimum Gasteiger partial charge on any atom is -0.310 e. The average Bonchev–Trinajstić information content (AvgIpc) is 4.31. The van der Waals surface area contributed by atoms with Gasteiger partial charge in [0, 0.05) is 88.3 Å². The van der Waals surface area contributed by atoms with Crippen LogP contribution in [0, 0.1) is 0 Å². The molecule has 0 radical (unpaired) electrons. The summed E-state index contributed by atoms with van der Waals surface area (Å²) in [5, 5.41) is 10.00. The van der Waals surface area contributed by atoms with Gasteiger partial charge in [0.1, 0.15) is 0 Å². The van der Waals surface area contributed by atoms with Gasteiger partial charge in [-0.25, -0.2) is 0 Å². The van der Waals surface area contributed by atoms with E-state index in [0.717, 1.165) is 34.1 Å². The van der Waals surface area contributed by atoms with E-state index in [4.69, 9.17) is 0 Å². The molecule has 0 fully saturated rings. The van der Waals surface area contributed by atoms with Crippen LogP contribution in [-0.4, -0.2) is 8.80 Å². The van der Waals surface area contributed by atoms with Crippen LogP contribution in [0.4, 0.5) is 34.1 Å². The van der Waals surface area contributed by atoms with Gasteiger partial charge >= 0.3 is 0 Å². The Morgan fingerprint density at radius 1 is 0.276 bits per heavy atom. The summed E-state index contributed by atoms with van der Waals surface area (Å²) in [5.74, 6) is 0.885. The molecule has 4 aromatic heterocycles. The first-order valence-corrected chi connectivity index (χ1v) is 26.8. The smallest absolute Gasteiger partial charge is 0.0634 e. The lowest BCUT2D eigenvalue weighted by molar-refractivity contribution is 0.866. The van der Waals surface area contributed by atoms with E-state index in [0.29, 0.717) is 11.8 Å². The molecule has 0 atom stereocenters. The lowest BCUT2D eigenvalue weighted by Gasteiger charge is -2.26. The van der Waals surface area contributed by atoms with Crippen LogP contribution in [0.5, 0.6) is 0 Å². The predicted molar refractivity (Wildman–Crippen MR) is 324 cm³/mol. The van der Waals surface area contributed by atoms with Crippen LogP contribution in [0.2, 0.25) is 0 Å². The molecule has 0 N–H and O–H groups in total. The average molecular weight is 975 g/mol. The molecule has 0 saturated heterocycles. The number of rotatable bonds is 10. The van der Waals surface area contributed by atoms with E-state index >= 15 is 0 Å². The summed E-state index contributed by atoms with van der Waals surface area (Å²) >= 11 is 0. The molecule has 0 aliphatic heterocycles. The van der Waals surface area contributed by atoms with Gasteiger partial charge in [0.15, 0.2) is 0 Å². The summed E-state index contributed by atoms with van der Waals surface area (Å²) in [4.78, 5) is 4.82. The van der Waals surface area contributed by atoms with Crippen molar-refractivity contribution in [3.63, 3.8) is 0 Å². The van der Waals surface area contributed by atoms with Crippen LogP contribution in [0.15, 0.2) is 243 Å². The van der Waals surface area contributed by atoms with Gasteiger partial charge in [-0.3, -0.25) is 0 Å². The molecule has 0 spiro atoms. The van der Waals surface area contributed by atoms with Crippen molar-refractivity contribution in [2.75, 3.05) is 9.80 Å². The van der Waals surface area contributed by atoms with Crippen molar-refractivity contribution in [1.29, 1.82) is 0 Å². The number of benzene rings is 11. The van der Waals surface area contributed by atoms with Crippen LogP contribution >= 0.6 is 0 Å². The van der Waals surface area contributed by atoms with Crippen LogP contribution in [0.3, 0.4) is 0 Å². The van der Waals surface area contributed by atoms with E-state index in [9.17, 15) is 0 Å². The quantitative estimate of drug-likeness (QED) is 0.136. The van der Waals surface area contributed by atoms with Gasteiger partial charge in [-0.2, -0.15) is 0 Å². The highest BCUT2D eigenvalue weighted by molar-refractivity contribution is 6.38. The van der Waals surface area contributed by atoms with Crippen molar-refractivity contribution in [3.8, 4) is 22.3 Å². The van der Waals surface area contributed by atoms with Gasteiger partial charge in [0.25, 0.3) is 0 Å². The first-order chi connectivity index (χ1) is 37.4. The lowest BCUT2D eigenvalue weighted by Crippen LogP contribution is -2.10. The molecule has 76 heavy (non-hydrogen) atoms. The zero-order valence-corrected chi connectivity index (χ0v) is 43.0. The molecule has 0 aliphatic carbocycles. The van der Waals surface area contributed by atoms with Gasteiger partial charge in [0.2, 0.25) is 0 Å². The van der Waals surface area contributed by atoms with Crippen molar-refractivity contribution >= 4 is 110 Å². The molecule has 0 unspecified atom stereocenters. The van der Waals surface area contributed by atoms with E-state index in [1.807, 2.05) is 0 Å². The van der Waals surface area contributed by atoms with Crippen molar-refractivity contribution in [1.82, 2.24) is 8.80 Å².